The number of benzene rings is 2. The highest BCUT2D eigenvalue weighted by Gasteiger charge is 2.44. The minimum atomic E-state index is -0.826. The number of carbonyl (C=O) groups is 3. The van der Waals surface area contributed by atoms with E-state index in [2.05, 4.69) is 24.5 Å². The molecule has 3 atom stereocenters. The molecule has 7 nitrogen and oxygen atoms in total. The van der Waals surface area contributed by atoms with E-state index in [-0.39, 0.29) is 35.5 Å². The molecule has 1 heterocycles. The standard InChI is InChI=1S/C34H47FN4O3/c1-22(2)21-34(32(42)38-33(3,4)5)16-18-39(19-17-34)31(41)28(20-23-10-13-25(35)14-11-23)37-30(40)27-15-12-24-8-6-7-9-26(24)29(27)36/h6-11,13-14,22,27-29H,12,15-21,36H2,1-5H3,(H,37,40)(H,38,42)/t27?,28-,29?/m1/s1. The Morgan fingerprint density at radius 3 is 2.31 bits per heavy atom. The number of likely N-dealkylation sites (tertiary alicyclic amines) is 1. The number of fused-ring (bicyclic) bond motifs is 1. The monoisotopic (exact) mass is 578 g/mol. The molecule has 1 aliphatic carbocycles. The van der Waals surface area contributed by atoms with Gasteiger partial charge in [0.1, 0.15) is 11.9 Å². The number of aryl methyl sites for hydroxylation is 1. The second-order valence-corrected chi connectivity index (χ2v) is 13.7. The molecule has 42 heavy (non-hydrogen) atoms. The number of carbonyl (C=O) groups excluding carboxylic acids is 3. The molecular formula is C34H47FN4O3. The summed E-state index contributed by atoms with van der Waals surface area (Å²) in [4.78, 5) is 42.9. The molecule has 0 spiro atoms. The lowest BCUT2D eigenvalue weighted by Gasteiger charge is -2.43. The van der Waals surface area contributed by atoms with Gasteiger partial charge in [0.2, 0.25) is 17.7 Å². The van der Waals surface area contributed by atoms with E-state index < -0.39 is 23.4 Å². The molecular weight excluding hydrogens is 531 g/mol. The number of hydrogen-bond donors (Lipinski definition) is 3. The zero-order valence-electron chi connectivity index (χ0n) is 25.7. The van der Waals surface area contributed by atoms with Gasteiger partial charge in [0.05, 0.1) is 11.3 Å². The third kappa shape index (κ3) is 7.57. The SMILES string of the molecule is CC(C)CC1(C(=O)NC(C)(C)C)CCN(C(=O)[C@@H](Cc2ccc(F)cc2)NC(=O)C2CCc3ccccc3C2N)CC1. The van der Waals surface area contributed by atoms with E-state index in [0.29, 0.717) is 38.3 Å². The van der Waals surface area contributed by atoms with Crippen LogP contribution in [0.2, 0.25) is 0 Å². The predicted octanol–water partition coefficient (Wildman–Crippen LogP) is 4.69. The lowest BCUT2D eigenvalue weighted by molar-refractivity contribution is -0.144. The molecule has 0 bridgehead atoms. The summed E-state index contributed by atoms with van der Waals surface area (Å²) in [5.41, 5.74) is 8.54. The number of hydrogen-bond acceptors (Lipinski definition) is 4. The highest BCUT2D eigenvalue weighted by Crippen LogP contribution is 2.39. The smallest absolute Gasteiger partial charge is 0.245 e. The summed E-state index contributed by atoms with van der Waals surface area (Å²) in [5, 5.41) is 6.20. The zero-order valence-corrected chi connectivity index (χ0v) is 25.7. The molecule has 4 rings (SSSR count). The first-order valence-electron chi connectivity index (χ1n) is 15.3. The fourth-order valence-corrected chi connectivity index (χ4v) is 6.58. The number of rotatable bonds is 8. The molecule has 228 valence electrons. The first kappa shape index (κ1) is 31.7. The summed E-state index contributed by atoms with van der Waals surface area (Å²) in [7, 11) is 0. The van der Waals surface area contributed by atoms with E-state index in [9.17, 15) is 18.8 Å². The van der Waals surface area contributed by atoms with Gasteiger partial charge in [-0.1, -0.05) is 50.2 Å². The van der Waals surface area contributed by atoms with Crippen LogP contribution >= 0.6 is 0 Å². The Hall–Kier alpha value is -3.26. The minimum absolute atomic E-state index is 0.0403. The average Bonchev–Trinajstić information content (AvgIpc) is 2.93. The quantitative estimate of drug-likeness (QED) is 0.423. The van der Waals surface area contributed by atoms with E-state index in [1.165, 1.54) is 12.1 Å². The van der Waals surface area contributed by atoms with Crippen molar-refractivity contribution < 1.29 is 18.8 Å². The van der Waals surface area contributed by atoms with E-state index >= 15 is 0 Å². The molecule has 1 saturated heterocycles. The Kier molecular flexibility index (Phi) is 9.76. The van der Waals surface area contributed by atoms with Gasteiger partial charge in [-0.05, 0) is 87.6 Å². The Morgan fingerprint density at radius 2 is 1.69 bits per heavy atom. The van der Waals surface area contributed by atoms with Gasteiger partial charge in [-0.2, -0.15) is 0 Å². The maximum absolute atomic E-state index is 14.0. The van der Waals surface area contributed by atoms with Crippen molar-refractivity contribution in [2.45, 2.75) is 90.8 Å². The number of nitrogens with zero attached hydrogens (tertiary/aromatic N) is 1. The second kappa shape index (κ2) is 12.9. The minimum Gasteiger partial charge on any atom is -0.351 e. The normalized spacial score (nSPS) is 20.9. The van der Waals surface area contributed by atoms with Gasteiger partial charge < -0.3 is 21.3 Å². The predicted molar refractivity (Wildman–Crippen MR) is 163 cm³/mol. The van der Waals surface area contributed by atoms with Gasteiger partial charge in [-0.15, -0.1) is 0 Å². The van der Waals surface area contributed by atoms with Gasteiger partial charge >= 0.3 is 0 Å². The number of nitrogens with two attached hydrogens (primary N) is 1. The second-order valence-electron chi connectivity index (χ2n) is 13.7. The highest BCUT2D eigenvalue weighted by atomic mass is 19.1. The van der Waals surface area contributed by atoms with Crippen LogP contribution in [0.5, 0.6) is 0 Å². The molecule has 0 radical (unpaired) electrons. The van der Waals surface area contributed by atoms with Gasteiger partial charge in [0.25, 0.3) is 0 Å². The van der Waals surface area contributed by atoms with E-state index in [1.54, 1.807) is 17.0 Å². The average molecular weight is 579 g/mol. The van der Waals surface area contributed by atoms with Crippen molar-refractivity contribution in [2.75, 3.05) is 13.1 Å². The number of piperidine rings is 1. The molecule has 2 aliphatic rings. The first-order chi connectivity index (χ1) is 19.8. The summed E-state index contributed by atoms with van der Waals surface area (Å²) in [5.74, 6) is -0.875. The first-order valence-corrected chi connectivity index (χ1v) is 15.3. The van der Waals surface area contributed by atoms with E-state index in [4.69, 9.17) is 5.73 Å². The lowest BCUT2D eigenvalue weighted by Crippen LogP contribution is -2.57. The van der Waals surface area contributed by atoms with Crippen molar-refractivity contribution in [3.63, 3.8) is 0 Å². The fourth-order valence-electron chi connectivity index (χ4n) is 6.58. The number of halogens is 1. The fraction of sp³-hybridized carbons (Fsp3) is 0.559. The van der Waals surface area contributed by atoms with Gasteiger partial charge in [-0.25, -0.2) is 4.39 Å². The maximum Gasteiger partial charge on any atom is 0.245 e. The Labute approximate surface area is 249 Å². The molecule has 0 saturated carbocycles. The van der Waals surface area contributed by atoms with Crippen LogP contribution in [0, 0.1) is 23.1 Å². The summed E-state index contributed by atoms with van der Waals surface area (Å²) >= 11 is 0. The van der Waals surface area contributed by atoms with Crippen LogP contribution in [0.25, 0.3) is 0 Å². The highest BCUT2D eigenvalue weighted by molar-refractivity contribution is 5.90. The molecule has 1 aliphatic heterocycles. The Bertz CT molecular complexity index is 1260. The van der Waals surface area contributed by atoms with Crippen LogP contribution in [0.15, 0.2) is 48.5 Å². The summed E-state index contributed by atoms with van der Waals surface area (Å²) < 4.78 is 13.6. The van der Waals surface area contributed by atoms with Crippen molar-refractivity contribution in [1.82, 2.24) is 15.5 Å². The largest absolute Gasteiger partial charge is 0.351 e. The molecule has 3 amide bonds. The van der Waals surface area contributed by atoms with Crippen molar-refractivity contribution in [2.24, 2.45) is 23.0 Å². The van der Waals surface area contributed by atoms with Crippen LogP contribution in [0.4, 0.5) is 4.39 Å². The summed E-state index contributed by atoms with van der Waals surface area (Å²) in [6.07, 6.45) is 3.45. The van der Waals surface area contributed by atoms with Crippen LogP contribution in [0.1, 0.15) is 83.0 Å². The molecule has 2 unspecified atom stereocenters. The van der Waals surface area contributed by atoms with Crippen LogP contribution in [-0.2, 0) is 27.2 Å². The van der Waals surface area contributed by atoms with Crippen molar-refractivity contribution in [3.05, 3.63) is 71.0 Å². The summed E-state index contributed by atoms with van der Waals surface area (Å²) in [6, 6.07) is 12.6. The number of nitrogens with one attached hydrogen (secondary N) is 2. The molecule has 1 fully saturated rings. The van der Waals surface area contributed by atoms with Crippen molar-refractivity contribution in [3.8, 4) is 0 Å². The van der Waals surface area contributed by atoms with Crippen molar-refractivity contribution in [1.29, 1.82) is 0 Å². The lowest BCUT2D eigenvalue weighted by atomic mass is 9.71. The molecule has 2 aromatic rings. The van der Waals surface area contributed by atoms with E-state index in [0.717, 1.165) is 29.5 Å². The Balaban J connectivity index is 1.51. The van der Waals surface area contributed by atoms with Gasteiger partial charge in [0.15, 0.2) is 0 Å². The van der Waals surface area contributed by atoms with Crippen LogP contribution in [0.3, 0.4) is 0 Å². The third-order valence-corrected chi connectivity index (χ3v) is 8.68. The van der Waals surface area contributed by atoms with Crippen LogP contribution in [-0.4, -0.2) is 47.3 Å². The molecule has 4 N–H and O–H groups in total. The Morgan fingerprint density at radius 1 is 1.05 bits per heavy atom. The van der Waals surface area contributed by atoms with Gasteiger partial charge in [0, 0.05) is 31.1 Å². The number of amides is 3. The topological polar surface area (TPSA) is 105 Å². The van der Waals surface area contributed by atoms with Crippen molar-refractivity contribution >= 4 is 17.7 Å². The third-order valence-electron chi connectivity index (χ3n) is 8.68. The van der Waals surface area contributed by atoms with E-state index in [1.807, 2.05) is 45.0 Å². The summed E-state index contributed by atoms with van der Waals surface area (Å²) in [6.45, 7) is 11.0. The van der Waals surface area contributed by atoms with Crippen LogP contribution < -0.4 is 16.4 Å². The van der Waals surface area contributed by atoms with Gasteiger partial charge in [-0.3, -0.25) is 14.4 Å². The maximum atomic E-state index is 14.0. The molecule has 0 aromatic heterocycles. The molecule has 8 heteroatoms. The zero-order chi connectivity index (χ0) is 30.7. The molecule has 2 aromatic carbocycles.